The Balaban J connectivity index is 3.43. The summed E-state index contributed by atoms with van der Waals surface area (Å²) in [5, 5.41) is 8.95. The van der Waals surface area contributed by atoms with Gasteiger partial charge in [0, 0.05) is 0 Å². The average Bonchev–Trinajstić information content (AvgIpc) is 1.97. The van der Waals surface area contributed by atoms with Gasteiger partial charge in [-0.1, -0.05) is 6.07 Å². The minimum atomic E-state index is -0.831. The van der Waals surface area contributed by atoms with E-state index in [0.717, 1.165) is 0 Å². The number of rotatable bonds is 1. The Bertz CT molecular complexity index is 332. The highest BCUT2D eigenvalue weighted by Crippen LogP contribution is 2.22. The summed E-state index contributed by atoms with van der Waals surface area (Å²) in [5.74, 6) is -1.69. The molecule has 64 valence electrons. The van der Waals surface area contributed by atoms with E-state index in [1.807, 2.05) is 0 Å². The highest BCUT2D eigenvalue weighted by atomic mass is 19.1. The summed E-state index contributed by atoms with van der Waals surface area (Å²) in [7, 11) is 0. The number of Topliss-reactive ketones (excluding diaryl/α,β-unsaturated/α-hetero) is 1. The number of carbonyl (C=O) groups is 1. The lowest BCUT2D eigenvalue weighted by Crippen LogP contribution is -2.00. The third kappa shape index (κ3) is 1.30. The van der Waals surface area contributed by atoms with Gasteiger partial charge < -0.3 is 5.11 Å². The molecule has 3 heteroatoms. The third-order valence-corrected chi connectivity index (χ3v) is 1.68. The fourth-order valence-corrected chi connectivity index (χ4v) is 1.09. The van der Waals surface area contributed by atoms with Crippen LogP contribution in [-0.2, 0) is 0 Å². The van der Waals surface area contributed by atoms with E-state index in [9.17, 15) is 9.18 Å². The van der Waals surface area contributed by atoms with E-state index in [-0.39, 0.29) is 11.3 Å². The van der Waals surface area contributed by atoms with Gasteiger partial charge in [-0.25, -0.2) is 4.39 Å². The minimum absolute atomic E-state index is 0.0324. The zero-order chi connectivity index (χ0) is 9.30. The van der Waals surface area contributed by atoms with Crippen LogP contribution >= 0.6 is 0 Å². The molecule has 0 unspecified atom stereocenters. The second-order valence-corrected chi connectivity index (χ2v) is 2.65. The molecular formula is C9H9FO2. The number of phenols is 1. The molecule has 0 bridgehead atoms. The van der Waals surface area contributed by atoms with Crippen LogP contribution < -0.4 is 0 Å². The molecule has 0 atom stereocenters. The van der Waals surface area contributed by atoms with Crippen LogP contribution in [0.5, 0.6) is 5.75 Å². The Morgan fingerprint density at radius 2 is 2.08 bits per heavy atom. The summed E-state index contributed by atoms with van der Waals surface area (Å²) in [6.07, 6.45) is 0. The van der Waals surface area contributed by atoms with Gasteiger partial charge in [-0.3, -0.25) is 4.79 Å². The van der Waals surface area contributed by atoms with Crippen molar-refractivity contribution < 1.29 is 14.3 Å². The third-order valence-electron chi connectivity index (χ3n) is 1.68. The van der Waals surface area contributed by atoms with Crippen molar-refractivity contribution in [2.24, 2.45) is 0 Å². The van der Waals surface area contributed by atoms with Crippen molar-refractivity contribution in [2.75, 3.05) is 0 Å². The lowest BCUT2D eigenvalue weighted by molar-refractivity contribution is 0.101. The maximum absolute atomic E-state index is 13.0. The van der Waals surface area contributed by atoms with Gasteiger partial charge in [0.15, 0.2) is 17.3 Å². The molecule has 1 aromatic carbocycles. The molecule has 0 fully saturated rings. The molecule has 1 aromatic rings. The predicted molar refractivity (Wildman–Crippen MR) is 42.8 cm³/mol. The zero-order valence-corrected chi connectivity index (χ0v) is 6.89. The van der Waals surface area contributed by atoms with E-state index >= 15 is 0 Å². The quantitative estimate of drug-likeness (QED) is 0.651. The molecular weight excluding hydrogens is 159 g/mol. The van der Waals surface area contributed by atoms with Gasteiger partial charge in [0.2, 0.25) is 0 Å². The van der Waals surface area contributed by atoms with Crippen molar-refractivity contribution in [1.82, 2.24) is 0 Å². The molecule has 0 aliphatic carbocycles. The first-order valence-electron chi connectivity index (χ1n) is 3.53. The summed E-state index contributed by atoms with van der Waals surface area (Å²) in [4.78, 5) is 10.9. The highest BCUT2D eigenvalue weighted by molar-refractivity contribution is 5.96. The lowest BCUT2D eigenvalue weighted by atomic mass is 10.0. The van der Waals surface area contributed by atoms with Crippen LogP contribution in [0.1, 0.15) is 22.8 Å². The monoisotopic (exact) mass is 168 g/mol. The lowest BCUT2D eigenvalue weighted by Gasteiger charge is -2.03. The Hall–Kier alpha value is -1.38. The maximum Gasteiger partial charge on any atom is 0.175 e. The van der Waals surface area contributed by atoms with Crippen LogP contribution in [0.4, 0.5) is 4.39 Å². The molecule has 0 spiro atoms. The van der Waals surface area contributed by atoms with Crippen LogP contribution in [0.3, 0.4) is 0 Å². The number of aromatic hydroxyl groups is 1. The van der Waals surface area contributed by atoms with Gasteiger partial charge >= 0.3 is 0 Å². The molecule has 0 aromatic heterocycles. The summed E-state index contributed by atoms with van der Waals surface area (Å²) in [6.45, 7) is 2.89. The van der Waals surface area contributed by atoms with E-state index in [1.165, 1.54) is 19.1 Å². The van der Waals surface area contributed by atoms with Crippen molar-refractivity contribution >= 4 is 5.78 Å². The van der Waals surface area contributed by atoms with Gasteiger partial charge in [-0.15, -0.1) is 0 Å². The molecule has 0 saturated carbocycles. The van der Waals surface area contributed by atoms with Gasteiger partial charge in [0.25, 0.3) is 0 Å². The Morgan fingerprint density at radius 3 is 2.50 bits per heavy atom. The molecule has 1 rings (SSSR count). The normalized spacial score (nSPS) is 9.92. The number of halogens is 1. The highest BCUT2D eigenvalue weighted by Gasteiger charge is 2.13. The predicted octanol–water partition coefficient (Wildman–Crippen LogP) is 2.04. The van der Waals surface area contributed by atoms with Crippen molar-refractivity contribution in [2.45, 2.75) is 13.8 Å². The number of hydrogen-bond donors (Lipinski definition) is 1. The number of ketones is 1. The number of hydrogen-bond acceptors (Lipinski definition) is 2. The van der Waals surface area contributed by atoms with Crippen LogP contribution in [0, 0.1) is 12.7 Å². The van der Waals surface area contributed by atoms with Crippen LogP contribution in [0.15, 0.2) is 12.1 Å². The SMILES string of the molecule is CC(=O)c1c(C)ccc(O)c1F. The molecule has 2 nitrogen and oxygen atoms in total. The van der Waals surface area contributed by atoms with Crippen molar-refractivity contribution in [1.29, 1.82) is 0 Å². The molecule has 0 radical (unpaired) electrons. The van der Waals surface area contributed by atoms with E-state index in [2.05, 4.69) is 0 Å². The number of benzene rings is 1. The molecule has 0 amide bonds. The van der Waals surface area contributed by atoms with Gasteiger partial charge in [-0.2, -0.15) is 0 Å². The van der Waals surface area contributed by atoms with Crippen LogP contribution in [0.2, 0.25) is 0 Å². The molecule has 12 heavy (non-hydrogen) atoms. The first kappa shape index (κ1) is 8.71. The van der Waals surface area contributed by atoms with E-state index < -0.39 is 11.6 Å². The standard InChI is InChI=1S/C9H9FO2/c1-5-3-4-7(12)9(10)8(5)6(2)11/h3-4,12H,1-2H3. The summed E-state index contributed by atoms with van der Waals surface area (Å²) in [5.41, 5.74) is 0.507. The second-order valence-electron chi connectivity index (χ2n) is 2.65. The molecule has 0 saturated heterocycles. The average molecular weight is 168 g/mol. The molecule has 1 N–H and O–H groups in total. The Labute approximate surface area is 69.6 Å². The fourth-order valence-electron chi connectivity index (χ4n) is 1.09. The Kier molecular flexibility index (Phi) is 2.13. The van der Waals surface area contributed by atoms with Gasteiger partial charge in [0.1, 0.15) is 0 Å². The van der Waals surface area contributed by atoms with Gasteiger partial charge in [-0.05, 0) is 25.5 Å². The maximum atomic E-state index is 13.0. The Morgan fingerprint density at radius 1 is 1.50 bits per heavy atom. The van der Waals surface area contributed by atoms with Crippen molar-refractivity contribution in [3.63, 3.8) is 0 Å². The second kappa shape index (κ2) is 2.93. The minimum Gasteiger partial charge on any atom is -0.505 e. The molecule has 0 aliphatic heterocycles. The van der Waals surface area contributed by atoms with E-state index in [4.69, 9.17) is 5.11 Å². The first-order valence-corrected chi connectivity index (χ1v) is 3.53. The van der Waals surface area contributed by atoms with Crippen LogP contribution in [-0.4, -0.2) is 10.9 Å². The van der Waals surface area contributed by atoms with Crippen molar-refractivity contribution in [3.8, 4) is 5.75 Å². The summed E-state index contributed by atoms with van der Waals surface area (Å²) >= 11 is 0. The first-order chi connectivity index (χ1) is 5.54. The van der Waals surface area contributed by atoms with Gasteiger partial charge in [0.05, 0.1) is 5.56 Å². The van der Waals surface area contributed by atoms with E-state index in [0.29, 0.717) is 5.56 Å². The largest absolute Gasteiger partial charge is 0.505 e. The topological polar surface area (TPSA) is 37.3 Å². The molecule has 0 heterocycles. The summed E-state index contributed by atoms with van der Waals surface area (Å²) < 4.78 is 13.0. The number of aryl methyl sites for hydroxylation is 1. The summed E-state index contributed by atoms with van der Waals surface area (Å²) in [6, 6.07) is 2.74. The zero-order valence-electron chi connectivity index (χ0n) is 6.89. The van der Waals surface area contributed by atoms with E-state index in [1.54, 1.807) is 6.92 Å². The number of carbonyl (C=O) groups excluding carboxylic acids is 1. The molecule has 0 aliphatic rings. The fraction of sp³-hybridized carbons (Fsp3) is 0.222. The number of phenolic OH excluding ortho intramolecular Hbond substituents is 1. The smallest absolute Gasteiger partial charge is 0.175 e. The van der Waals surface area contributed by atoms with Crippen LogP contribution in [0.25, 0.3) is 0 Å². The van der Waals surface area contributed by atoms with Crippen molar-refractivity contribution in [3.05, 3.63) is 29.1 Å².